The molecule has 3 N–H and O–H groups in total. The zero-order valence-electron chi connectivity index (χ0n) is 26.6. The molecule has 14 heteroatoms. The van der Waals surface area contributed by atoms with Crippen molar-refractivity contribution in [3.8, 4) is 0 Å². The maximum absolute atomic E-state index is 13.5. The Morgan fingerprint density at radius 3 is 2.41 bits per heavy atom. The van der Waals surface area contributed by atoms with E-state index >= 15 is 0 Å². The van der Waals surface area contributed by atoms with Gasteiger partial charge in [0, 0.05) is 38.3 Å². The van der Waals surface area contributed by atoms with Gasteiger partial charge in [0.05, 0.1) is 50.0 Å². The maximum atomic E-state index is 13.5. The molecule has 1 aliphatic carbocycles. The first-order chi connectivity index (χ1) is 21.4. The van der Waals surface area contributed by atoms with Gasteiger partial charge >= 0.3 is 6.18 Å². The number of nitrogens with one attached hydrogen (secondary N) is 2. The van der Waals surface area contributed by atoms with E-state index in [4.69, 9.17) is 23.2 Å². The van der Waals surface area contributed by atoms with Gasteiger partial charge in [-0.3, -0.25) is 9.59 Å². The lowest BCUT2D eigenvalue weighted by Gasteiger charge is -2.25. The molecule has 1 heterocycles. The van der Waals surface area contributed by atoms with Crippen LogP contribution in [0.4, 0.5) is 30.5 Å². The van der Waals surface area contributed by atoms with Gasteiger partial charge in [-0.15, -0.1) is 0 Å². The van der Waals surface area contributed by atoms with Crippen LogP contribution in [-0.4, -0.2) is 58.1 Å². The van der Waals surface area contributed by atoms with E-state index in [1.807, 2.05) is 20.8 Å². The Labute approximate surface area is 276 Å². The first-order valence-corrected chi connectivity index (χ1v) is 15.7. The number of rotatable bonds is 8. The Morgan fingerprint density at radius 1 is 1.17 bits per heavy atom. The standard InChI is InChI=1S/C32H39Cl2F3N6O3/c1-17(44)16-42(5)24-14-25-23(13-21(24)28(45)39-20-10-8-19(9-11-20)32(35,36)37)40-30(43(25)6)41-27-22(33)12-7-18(26(27)34)15-38-29(46)31(2,3)4/h7,12-14,17,19,44H,8-11,15-16H2,1-6H3,(H,38,46)(H,40,41). The van der Waals surface area contributed by atoms with Crippen molar-refractivity contribution in [1.82, 2.24) is 14.9 Å². The van der Waals surface area contributed by atoms with Crippen molar-refractivity contribution in [1.29, 1.82) is 0 Å². The second-order valence-corrected chi connectivity index (χ2v) is 13.6. The molecule has 0 aliphatic heterocycles. The number of imidazole rings is 1. The van der Waals surface area contributed by atoms with E-state index in [9.17, 15) is 27.9 Å². The fourth-order valence-electron chi connectivity index (χ4n) is 5.31. The van der Waals surface area contributed by atoms with Gasteiger partial charge in [0.25, 0.3) is 5.91 Å². The Hall–Kier alpha value is -3.35. The van der Waals surface area contributed by atoms with Gasteiger partial charge in [0.15, 0.2) is 0 Å². The molecule has 0 radical (unpaired) electrons. The summed E-state index contributed by atoms with van der Waals surface area (Å²) in [7, 11) is 3.50. The van der Waals surface area contributed by atoms with Crippen LogP contribution in [0.5, 0.6) is 0 Å². The van der Waals surface area contributed by atoms with E-state index < -0.39 is 29.5 Å². The lowest BCUT2D eigenvalue weighted by atomic mass is 9.87. The van der Waals surface area contributed by atoms with E-state index in [1.165, 1.54) is 0 Å². The minimum Gasteiger partial charge on any atom is -0.392 e. The predicted molar refractivity (Wildman–Crippen MR) is 176 cm³/mol. The zero-order valence-corrected chi connectivity index (χ0v) is 28.2. The number of carbonyl (C=O) groups is 2. The summed E-state index contributed by atoms with van der Waals surface area (Å²) in [5.74, 6) is -1.76. The first-order valence-electron chi connectivity index (χ1n) is 15.0. The largest absolute Gasteiger partial charge is 0.392 e. The van der Waals surface area contributed by atoms with Crippen LogP contribution >= 0.6 is 23.2 Å². The monoisotopic (exact) mass is 682 g/mol. The number of fused-ring (bicyclic) bond motifs is 1. The van der Waals surface area contributed by atoms with Gasteiger partial charge < -0.3 is 25.2 Å². The van der Waals surface area contributed by atoms with E-state index in [0.717, 1.165) is 0 Å². The van der Waals surface area contributed by atoms with Gasteiger partial charge in [0.2, 0.25) is 11.9 Å². The van der Waals surface area contributed by atoms with E-state index in [-0.39, 0.29) is 50.2 Å². The number of aliphatic hydroxyl groups excluding tert-OH is 1. The van der Waals surface area contributed by atoms with Crippen LogP contribution in [0.2, 0.25) is 10.0 Å². The van der Waals surface area contributed by atoms with Crippen LogP contribution in [0.15, 0.2) is 29.3 Å². The van der Waals surface area contributed by atoms with E-state index in [1.54, 1.807) is 54.8 Å². The Bertz CT molecular complexity index is 1650. The third kappa shape index (κ3) is 8.13. The molecule has 1 unspecified atom stereocenters. The normalized spacial score (nSPS) is 16.3. The summed E-state index contributed by atoms with van der Waals surface area (Å²) in [6, 6.07) is 6.74. The molecular formula is C32H39Cl2F3N6O3. The van der Waals surface area contributed by atoms with Crippen LogP contribution in [0.25, 0.3) is 11.0 Å². The molecule has 1 saturated carbocycles. The lowest BCUT2D eigenvalue weighted by molar-refractivity contribution is -0.178. The Kier molecular flexibility index (Phi) is 10.6. The smallest absolute Gasteiger partial charge is 0.391 e. The lowest BCUT2D eigenvalue weighted by Crippen LogP contribution is -2.34. The molecule has 250 valence electrons. The van der Waals surface area contributed by atoms with Gasteiger partial charge in [0.1, 0.15) is 0 Å². The van der Waals surface area contributed by atoms with E-state index in [2.05, 4.69) is 20.6 Å². The number of hydrogen-bond acceptors (Lipinski definition) is 6. The van der Waals surface area contributed by atoms with Gasteiger partial charge in [-0.05, 0) is 56.4 Å². The van der Waals surface area contributed by atoms with Crippen LogP contribution in [-0.2, 0) is 18.4 Å². The number of aromatic nitrogens is 2. The number of benzene rings is 2. The predicted octanol–water partition coefficient (Wildman–Crippen LogP) is 7.44. The third-order valence-corrected chi connectivity index (χ3v) is 8.74. The third-order valence-electron chi connectivity index (χ3n) is 7.99. The summed E-state index contributed by atoms with van der Waals surface area (Å²) in [6.07, 6.45) is -4.99. The number of alkyl halides is 3. The number of hydrogen-bond donors (Lipinski definition) is 3. The van der Waals surface area contributed by atoms with Crippen LogP contribution in [0.1, 0.15) is 69.3 Å². The quantitative estimate of drug-likeness (QED) is 0.228. The molecule has 3 aromatic rings. The van der Waals surface area contributed by atoms with Crippen LogP contribution in [0, 0.1) is 11.3 Å². The van der Waals surface area contributed by atoms with Crippen molar-refractivity contribution in [3.63, 3.8) is 0 Å². The highest BCUT2D eigenvalue weighted by atomic mass is 35.5. The molecule has 1 aromatic heterocycles. The molecule has 46 heavy (non-hydrogen) atoms. The van der Waals surface area contributed by atoms with Crippen LogP contribution in [0.3, 0.4) is 0 Å². The summed E-state index contributed by atoms with van der Waals surface area (Å²) in [4.78, 5) is 36.6. The molecule has 1 aliphatic rings. The topological polar surface area (TPSA) is 112 Å². The second kappa shape index (κ2) is 13.8. The average Bonchev–Trinajstić information content (AvgIpc) is 3.26. The van der Waals surface area contributed by atoms with Crippen molar-refractivity contribution in [2.75, 3.05) is 23.8 Å². The minimum atomic E-state index is -4.26. The van der Waals surface area contributed by atoms with Crippen molar-refractivity contribution in [3.05, 3.63) is 45.4 Å². The fraction of sp³-hybridized carbons (Fsp3) is 0.500. The molecule has 0 saturated heterocycles. The molecule has 0 spiro atoms. The van der Waals surface area contributed by atoms with Crippen molar-refractivity contribution < 1.29 is 27.9 Å². The number of halogens is 5. The number of nitrogens with zero attached hydrogens (tertiary/aromatic N) is 4. The number of likely N-dealkylation sites (N-methyl/N-ethyl adjacent to an activating group) is 1. The summed E-state index contributed by atoms with van der Waals surface area (Å²) < 4.78 is 41.2. The number of aryl methyl sites for hydroxylation is 1. The minimum absolute atomic E-state index is 0.0924. The Balaban J connectivity index is 1.68. The van der Waals surface area contributed by atoms with Crippen molar-refractivity contribution in [2.24, 2.45) is 23.4 Å². The summed E-state index contributed by atoms with van der Waals surface area (Å²) in [6.45, 7) is 7.46. The van der Waals surface area contributed by atoms with Crippen molar-refractivity contribution in [2.45, 2.75) is 72.2 Å². The molecule has 0 bridgehead atoms. The molecule has 2 aromatic carbocycles. The number of anilines is 3. The number of carbonyl (C=O) groups excluding carboxylic acids is 2. The first kappa shape index (κ1) is 35.5. The van der Waals surface area contributed by atoms with Gasteiger partial charge in [-0.25, -0.2) is 9.98 Å². The maximum Gasteiger partial charge on any atom is 0.391 e. The molecule has 4 rings (SSSR count). The SMILES string of the molecule is CC(O)CN(C)c1cc2c(cc1C(=O)N=C1CCC(C(F)(F)F)CC1)nc(Nc1c(Cl)ccc(CNC(=O)C(C)(C)C)c1Cl)n2C. The average molecular weight is 684 g/mol. The number of aliphatic imine (C=N–C) groups is 1. The van der Waals surface area contributed by atoms with Crippen LogP contribution < -0.4 is 15.5 Å². The highest BCUT2D eigenvalue weighted by molar-refractivity contribution is 6.39. The molecule has 9 nitrogen and oxygen atoms in total. The van der Waals surface area contributed by atoms with Crippen molar-refractivity contribution >= 4 is 69.1 Å². The van der Waals surface area contributed by atoms with Gasteiger partial charge in [-0.2, -0.15) is 13.2 Å². The number of amides is 2. The van der Waals surface area contributed by atoms with Gasteiger partial charge in [-0.1, -0.05) is 50.0 Å². The molecule has 1 atom stereocenters. The zero-order chi connectivity index (χ0) is 34.1. The molecule has 2 amide bonds. The second-order valence-electron chi connectivity index (χ2n) is 12.8. The summed E-state index contributed by atoms with van der Waals surface area (Å²) >= 11 is 13.3. The molecular weight excluding hydrogens is 644 g/mol. The molecule has 1 fully saturated rings. The summed E-state index contributed by atoms with van der Waals surface area (Å²) in [5.41, 5.74) is 2.66. The fourth-order valence-corrected chi connectivity index (χ4v) is 5.85. The highest BCUT2D eigenvalue weighted by Gasteiger charge is 2.40. The number of aliphatic hydroxyl groups is 1. The highest BCUT2D eigenvalue weighted by Crippen LogP contribution is 2.38. The summed E-state index contributed by atoms with van der Waals surface area (Å²) in [5, 5.41) is 16.8. The van der Waals surface area contributed by atoms with E-state index in [0.29, 0.717) is 49.7 Å². The Morgan fingerprint density at radius 2 is 1.83 bits per heavy atom.